The Morgan fingerprint density at radius 3 is 2.40 bits per heavy atom. The maximum absolute atomic E-state index is 12.3. The summed E-state index contributed by atoms with van der Waals surface area (Å²) in [4.78, 5) is 0.265. The highest BCUT2D eigenvalue weighted by Crippen LogP contribution is 2.21. The van der Waals surface area contributed by atoms with E-state index in [2.05, 4.69) is 10.0 Å². The number of benzene rings is 1. The third kappa shape index (κ3) is 4.74. The van der Waals surface area contributed by atoms with Crippen LogP contribution in [-0.2, 0) is 16.6 Å². The molecule has 2 N–H and O–H groups in total. The standard InChI is InChI=1S/C14H23ClN2O2S/c1-4-12(5-2)17-20(18,19)13-7-8-14(15)11(9-13)10-16-6-3/h7-9,12,16-17H,4-6,10H2,1-3H3. The molecule has 0 aliphatic rings. The van der Waals surface area contributed by atoms with Crippen molar-refractivity contribution in [3.05, 3.63) is 28.8 Å². The maximum atomic E-state index is 12.3. The van der Waals surface area contributed by atoms with Crippen LogP contribution in [0.4, 0.5) is 0 Å². The molecular formula is C14H23ClN2O2S. The van der Waals surface area contributed by atoms with E-state index in [4.69, 9.17) is 11.6 Å². The lowest BCUT2D eigenvalue weighted by molar-refractivity contribution is 0.530. The van der Waals surface area contributed by atoms with Gasteiger partial charge in [0.1, 0.15) is 0 Å². The normalized spacial score (nSPS) is 12.1. The molecular weight excluding hydrogens is 296 g/mol. The predicted octanol–water partition coefficient (Wildman–Crippen LogP) is 2.92. The third-order valence-electron chi connectivity index (χ3n) is 3.20. The van der Waals surface area contributed by atoms with E-state index in [1.807, 2.05) is 20.8 Å². The van der Waals surface area contributed by atoms with Gasteiger partial charge in [-0.3, -0.25) is 0 Å². The van der Waals surface area contributed by atoms with E-state index < -0.39 is 10.0 Å². The maximum Gasteiger partial charge on any atom is 0.240 e. The molecule has 0 radical (unpaired) electrons. The molecule has 20 heavy (non-hydrogen) atoms. The first kappa shape index (κ1) is 17.4. The van der Waals surface area contributed by atoms with E-state index in [9.17, 15) is 8.42 Å². The van der Waals surface area contributed by atoms with Crippen LogP contribution in [0.5, 0.6) is 0 Å². The molecule has 6 heteroatoms. The minimum absolute atomic E-state index is 0.0344. The highest BCUT2D eigenvalue weighted by atomic mass is 35.5. The van der Waals surface area contributed by atoms with E-state index in [-0.39, 0.29) is 10.9 Å². The summed E-state index contributed by atoms with van der Waals surface area (Å²) in [7, 11) is -3.48. The van der Waals surface area contributed by atoms with Gasteiger partial charge in [0.25, 0.3) is 0 Å². The van der Waals surface area contributed by atoms with Crippen LogP contribution in [0.3, 0.4) is 0 Å². The van der Waals surface area contributed by atoms with Gasteiger partial charge >= 0.3 is 0 Å². The van der Waals surface area contributed by atoms with Gasteiger partial charge in [-0.15, -0.1) is 0 Å². The van der Waals surface area contributed by atoms with Crippen molar-refractivity contribution in [2.75, 3.05) is 6.54 Å². The smallest absolute Gasteiger partial charge is 0.240 e. The molecule has 0 aliphatic heterocycles. The van der Waals surface area contributed by atoms with Crippen LogP contribution in [0.1, 0.15) is 39.2 Å². The Morgan fingerprint density at radius 1 is 1.20 bits per heavy atom. The Bertz CT molecular complexity index is 528. The molecule has 0 saturated carbocycles. The minimum atomic E-state index is -3.48. The van der Waals surface area contributed by atoms with Crippen LogP contribution in [0.15, 0.2) is 23.1 Å². The Hall–Kier alpha value is -0.620. The third-order valence-corrected chi connectivity index (χ3v) is 5.09. The fourth-order valence-electron chi connectivity index (χ4n) is 1.86. The monoisotopic (exact) mass is 318 g/mol. The molecule has 0 amide bonds. The summed E-state index contributed by atoms with van der Waals surface area (Å²) in [5.41, 5.74) is 0.793. The number of nitrogens with one attached hydrogen (secondary N) is 2. The lowest BCUT2D eigenvalue weighted by atomic mass is 10.2. The largest absolute Gasteiger partial charge is 0.313 e. The van der Waals surface area contributed by atoms with Crippen LogP contribution in [0.2, 0.25) is 5.02 Å². The van der Waals surface area contributed by atoms with Crippen LogP contribution in [0.25, 0.3) is 0 Å². The summed E-state index contributed by atoms with van der Waals surface area (Å²) in [5, 5.41) is 3.72. The summed E-state index contributed by atoms with van der Waals surface area (Å²) >= 11 is 6.09. The highest BCUT2D eigenvalue weighted by Gasteiger charge is 2.19. The van der Waals surface area contributed by atoms with Crippen molar-refractivity contribution in [1.29, 1.82) is 0 Å². The lowest BCUT2D eigenvalue weighted by Crippen LogP contribution is -2.33. The number of sulfonamides is 1. The summed E-state index contributed by atoms with van der Waals surface area (Å²) < 4.78 is 27.4. The van der Waals surface area contributed by atoms with E-state index in [0.29, 0.717) is 11.6 Å². The topological polar surface area (TPSA) is 58.2 Å². The number of hydrogen-bond acceptors (Lipinski definition) is 3. The van der Waals surface area contributed by atoms with Crippen molar-refractivity contribution in [3.63, 3.8) is 0 Å². The van der Waals surface area contributed by atoms with Crippen molar-refractivity contribution in [2.45, 2.75) is 51.1 Å². The molecule has 1 aromatic rings. The number of rotatable bonds is 8. The van der Waals surface area contributed by atoms with Gasteiger partial charge in [0.15, 0.2) is 0 Å². The summed E-state index contributed by atoms with van der Waals surface area (Å²) in [5.74, 6) is 0. The molecule has 0 unspecified atom stereocenters. The SMILES string of the molecule is CCNCc1cc(S(=O)(=O)NC(CC)CC)ccc1Cl. The molecule has 114 valence electrons. The fourth-order valence-corrected chi connectivity index (χ4v) is 3.49. The van der Waals surface area contributed by atoms with Gasteiger partial charge < -0.3 is 5.32 Å². The first-order valence-corrected chi connectivity index (χ1v) is 8.82. The van der Waals surface area contributed by atoms with Gasteiger partial charge in [0, 0.05) is 17.6 Å². The zero-order chi connectivity index (χ0) is 15.2. The zero-order valence-corrected chi connectivity index (χ0v) is 13.8. The first-order chi connectivity index (χ1) is 9.44. The summed E-state index contributed by atoms with van der Waals surface area (Å²) in [6.45, 7) is 7.29. The quantitative estimate of drug-likeness (QED) is 0.775. The van der Waals surface area contributed by atoms with Crippen molar-refractivity contribution in [1.82, 2.24) is 10.0 Å². The molecule has 4 nitrogen and oxygen atoms in total. The van der Waals surface area contributed by atoms with E-state index in [1.54, 1.807) is 18.2 Å². The summed E-state index contributed by atoms with van der Waals surface area (Å²) in [6.07, 6.45) is 1.54. The first-order valence-electron chi connectivity index (χ1n) is 6.96. The Labute approximate surface area is 127 Å². The van der Waals surface area contributed by atoms with E-state index in [0.717, 1.165) is 24.9 Å². The molecule has 0 aromatic heterocycles. The average molecular weight is 319 g/mol. The van der Waals surface area contributed by atoms with Crippen LogP contribution >= 0.6 is 11.6 Å². The number of halogens is 1. The Kier molecular flexibility index (Phi) is 6.95. The number of hydrogen-bond donors (Lipinski definition) is 2. The lowest BCUT2D eigenvalue weighted by Gasteiger charge is -2.16. The van der Waals surface area contributed by atoms with Crippen molar-refractivity contribution in [3.8, 4) is 0 Å². The summed E-state index contributed by atoms with van der Waals surface area (Å²) in [6, 6.07) is 4.78. The van der Waals surface area contributed by atoms with Crippen molar-refractivity contribution >= 4 is 21.6 Å². The predicted molar refractivity (Wildman–Crippen MR) is 83.5 cm³/mol. The Morgan fingerprint density at radius 2 is 1.85 bits per heavy atom. The van der Waals surface area contributed by atoms with Gasteiger partial charge in [-0.05, 0) is 43.1 Å². The van der Waals surface area contributed by atoms with Crippen LogP contribution < -0.4 is 10.0 Å². The molecule has 1 aromatic carbocycles. The van der Waals surface area contributed by atoms with E-state index >= 15 is 0 Å². The molecule has 0 atom stereocenters. The van der Waals surface area contributed by atoms with Gasteiger partial charge in [-0.2, -0.15) is 0 Å². The van der Waals surface area contributed by atoms with Gasteiger partial charge in [0.05, 0.1) is 4.90 Å². The Balaban J connectivity index is 3.00. The second-order valence-electron chi connectivity index (χ2n) is 4.67. The van der Waals surface area contributed by atoms with Crippen molar-refractivity contribution in [2.24, 2.45) is 0 Å². The van der Waals surface area contributed by atoms with E-state index in [1.165, 1.54) is 0 Å². The van der Waals surface area contributed by atoms with Crippen molar-refractivity contribution < 1.29 is 8.42 Å². The molecule has 0 saturated heterocycles. The van der Waals surface area contributed by atoms with Gasteiger partial charge in [-0.1, -0.05) is 32.4 Å². The van der Waals surface area contributed by atoms with Crippen LogP contribution in [0, 0.1) is 0 Å². The average Bonchev–Trinajstić information content (AvgIpc) is 2.43. The van der Waals surface area contributed by atoms with Gasteiger partial charge in [0.2, 0.25) is 10.0 Å². The second kappa shape index (κ2) is 7.98. The zero-order valence-electron chi connectivity index (χ0n) is 12.2. The minimum Gasteiger partial charge on any atom is -0.313 e. The highest BCUT2D eigenvalue weighted by molar-refractivity contribution is 7.89. The van der Waals surface area contributed by atoms with Gasteiger partial charge in [-0.25, -0.2) is 13.1 Å². The molecule has 0 spiro atoms. The second-order valence-corrected chi connectivity index (χ2v) is 6.79. The molecule has 0 heterocycles. The molecule has 0 fully saturated rings. The molecule has 0 aliphatic carbocycles. The fraction of sp³-hybridized carbons (Fsp3) is 0.571. The molecule has 0 bridgehead atoms. The molecule has 1 rings (SSSR count). The van der Waals surface area contributed by atoms with Crippen LogP contribution in [-0.4, -0.2) is 21.0 Å².